The van der Waals surface area contributed by atoms with Gasteiger partial charge in [-0.2, -0.15) is 10.5 Å². The molecule has 26 heavy (non-hydrogen) atoms. The first-order valence-corrected chi connectivity index (χ1v) is 7.78. The van der Waals surface area contributed by atoms with Crippen LogP contribution in [0.2, 0.25) is 0 Å². The molecule has 0 saturated heterocycles. The number of Topliss-reactive ketones (excluding diaryl/α,β-unsaturated/α-hetero) is 1. The molecule has 2 heterocycles. The summed E-state index contributed by atoms with van der Waals surface area (Å²) in [6.45, 7) is 0. The topological polar surface area (TPSA) is 81.0 Å². The molecule has 2 aromatic rings. The Labute approximate surface area is 150 Å². The molecular formula is C21H13N3O2. The van der Waals surface area contributed by atoms with Gasteiger partial charge in [0.25, 0.3) is 0 Å². The van der Waals surface area contributed by atoms with Gasteiger partial charge in [-0.25, -0.2) is 0 Å². The summed E-state index contributed by atoms with van der Waals surface area (Å²) in [5.74, 6) is 0.233. The normalized spacial score (nSPS) is 13.2. The lowest BCUT2D eigenvalue weighted by molar-refractivity contribution is 0.101. The Hall–Kier alpha value is -4.09. The predicted octanol–water partition coefficient (Wildman–Crippen LogP) is 4.19. The van der Waals surface area contributed by atoms with Crippen LogP contribution in [-0.2, 0) is 0 Å². The summed E-state index contributed by atoms with van der Waals surface area (Å²) in [7, 11) is 0. The van der Waals surface area contributed by atoms with Crippen molar-refractivity contribution in [2.45, 2.75) is 0 Å². The van der Waals surface area contributed by atoms with Crippen molar-refractivity contribution in [1.29, 1.82) is 10.5 Å². The molecule has 0 radical (unpaired) electrons. The second kappa shape index (κ2) is 7.65. The van der Waals surface area contributed by atoms with Crippen LogP contribution in [-0.4, -0.2) is 10.7 Å². The summed E-state index contributed by atoms with van der Waals surface area (Å²) in [6, 6.07) is 16.0. The van der Waals surface area contributed by atoms with Crippen molar-refractivity contribution in [2.24, 2.45) is 0 Å². The number of carbonyl (C=O) groups excluding carboxylic acids is 1. The molecule has 0 spiro atoms. The van der Waals surface area contributed by atoms with Crippen molar-refractivity contribution < 1.29 is 9.21 Å². The second-order valence-electron chi connectivity index (χ2n) is 5.29. The Balaban J connectivity index is 2.15. The van der Waals surface area contributed by atoms with Crippen LogP contribution in [0.25, 0.3) is 6.08 Å². The maximum Gasteiger partial charge on any atom is 0.209 e. The molecule has 3 rings (SSSR count). The van der Waals surface area contributed by atoms with Crippen LogP contribution in [0.3, 0.4) is 0 Å². The van der Waals surface area contributed by atoms with E-state index in [1.54, 1.807) is 66.9 Å². The first kappa shape index (κ1) is 16.8. The van der Waals surface area contributed by atoms with Crippen molar-refractivity contribution in [3.63, 3.8) is 0 Å². The van der Waals surface area contributed by atoms with Gasteiger partial charge >= 0.3 is 0 Å². The summed E-state index contributed by atoms with van der Waals surface area (Å²) < 4.78 is 5.35. The fourth-order valence-corrected chi connectivity index (χ4v) is 2.49. The van der Waals surface area contributed by atoms with E-state index in [1.807, 2.05) is 18.2 Å². The first-order valence-electron chi connectivity index (χ1n) is 7.78. The summed E-state index contributed by atoms with van der Waals surface area (Å²) in [6.07, 6.45) is 9.79. The first-order chi connectivity index (χ1) is 12.7. The number of carbonyl (C=O) groups is 1. The van der Waals surface area contributed by atoms with Gasteiger partial charge in [-0.1, -0.05) is 36.4 Å². The highest BCUT2D eigenvalue weighted by Gasteiger charge is 2.23. The third-order valence-corrected chi connectivity index (χ3v) is 3.69. The van der Waals surface area contributed by atoms with Crippen molar-refractivity contribution in [3.05, 3.63) is 101 Å². The Morgan fingerprint density at radius 2 is 1.81 bits per heavy atom. The number of furan rings is 1. The zero-order valence-corrected chi connectivity index (χ0v) is 13.7. The number of allylic oxidation sites excluding steroid dienone is 5. The number of hydrogen-bond donors (Lipinski definition) is 0. The number of nitrogens with zero attached hydrogens (tertiary/aromatic N) is 3. The molecule has 124 valence electrons. The van der Waals surface area contributed by atoms with Gasteiger partial charge in [0.05, 0.1) is 17.7 Å². The van der Waals surface area contributed by atoms with Gasteiger partial charge < -0.3 is 9.32 Å². The van der Waals surface area contributed by atoms with Gasteiger partial charge in [-0.3, -0.25) is 4.79 Å². The minimum atomic E-state index is -0.255. The molecule has 0 amide bonds. The highest BCUT2D eigenvalue weighted by molar-refractivity contribution is 6.11. The van der Waals surface area contributed by atoms with Gasteiger partial charge in [-0.05, 0) is 24.3 Å². The number of rotatable bonds is 4. The molecular weight excluding hydrogens is 326 g/mol. The van der Waals surface area contributed by atoms with E-state index in [2.05, 4.69) is 0 Å². The van der Waals surface area contributed by atoms with E-state index >= 15 is 0 Å². The lowest BCUT2D eigenvalue weighted by atomic mass is 10.0. The molecule has 5 nitrogen and oxygen atoms in total. The zero-order chi connectivity index (χ0) is 18.4. The van der Waals surface area contributed by atoms with Crippen LogP contribution < -0.4 is 0 Å². The average Bonchev–Trinajstić information content (AvgIpc) is 3.21. The van der Waals surface area contributed by atoms with Gasteiger partial charge in [-0.15, -0.1) is 0 Å². The fourth-order valence-electron chi connectivity index (χ4n) is 2.49. The van der Waals surface area contributed by atoms with Crippen LogP contribution >= 0.6 is 0 Å². The minimum absolute atomic E-state index is 0.0863. The quantitative estimate of drug-likeness (QED) is 0.474. The Morgan fingerprint density at radius 3 is 2.46 bits per heavy atom. The maximum atomic E-state index is 13.1. The van der Waals surface area contributed by atoms with E-state index in [-0.39, 0.29) is 17.1 Å². The standard InChI is InChI=1S/C21H13N3O2/c22-14-17(15-23)19-10-4-5-11-24(19)20(13-18-9-6-12-26-18)21(25)16-7-2-1-3-8-16/h1-13H/b20-13-. The van der Waals surface area contributed by atoms with E-state index in [0.29, 0.717) is 17.0 Å². The zero-order valence-electron chi connectivity index (χ0n) is 13.7. The Bertz CT molecular complexity index is 995. The molecule has 1 aromatic heterocycles. The van der Waals surface area contributed by atoms with E-state index in [4.69, 9.17) is 4.42 Å². The molecule has 5 heteroatoms. The lowest BCUT2D eigenvalue weighted by Crippen LogP contribution is -2.24. The summed E-state index contributed by atoms with van der Waals surface area (Å²) in [5, 5.41) is 18.5. The summed E-state index contributed by atoms with van der Waals surface area (Å²) >= 11 is 0. The summed E-state index contributed by atoms with van der Waals surface area (Å²) in [4.78, 5) is 14.6. The van der Waals surface area contributed by atoms with E-state index in [1.165, 1.54) is 11.2 Å². The van der Waals surface area contributed by atoms with Crippen LogP contribution in [0.15, 0.2) is 94.5 Å². The second-order valence-corrected chi connectivity index (χ2v) is 5.29. The van der Waals surface area contributed by atoms with Crippen LogP contribution in [0.1, 0.15) is 16.1 Å². The van der Waals surface area contributed by atoms with E-state index in [0.717, 1.165) is 0 Å². The smallest absolute Gasteiger partial charge is 0.209 e. The summed E-state index contributed by atoms with van der Waals surface area (Å²) in [5.41, 5.74) is 1.00. The molecule has 0 bridgehead atoms. The van der Waals surface area contributed by atoms with Gasteiger partial charge in [0.1, 0.15) is 17.9 Å². The van der Waals surface area contributed by atoms with Crippen LogP contribution in [0, 0.1) is 22.7 Å². The van der Waals surface area contributed by atoms with Crippen molar-refractivity contribution in [1.82, 2.24) is 4.90 Å². The van der Waals surface area contributed by atoms with Crippen molar-refractivity contribution in [3.8, 4) is 12.1 Å². The highest BCUT2D eigenvalue weighted by atomic mass is 16.3. The Kier molecular flexibility index (Phi) is 4.93. The molecule has 1 aliphatic rings. The van der Waals surface area contributed by atoms with Gasteiger partial charge in [0.2, 0.25) is 5.78 Å². The largest absolute Gasteiger partial charge is 0.465 e. The number of hydrogen-bond acceptors (Lipinski definition) is 5. The van der Waals surface area contributed by atoms with E-state index < -0.39 is 0 Å². The fraction of sp³-hybridized carbons (Fsp3) is 0. The van der Waals surface area contributed by atoms with Gasteiger partial charge in [0, 0.05) is 17.8 Å². The molecule has 0 atom stereocenters. The number of ketones is 1. The molecule has 0 saturated carbocycles. The van der Waals surface area contributed by atoms with Gasteiger partial charge in [0.15, 0.2) is 5.57 Å². The van der Waals surface area contributed by atoms with Crippen molar-refractivity contribution >= 4 is 11.9 Å². The highest BCUT2D eigenvalue weighted by Crippen LogP contribution is 2.26. The van der Waals surface area contributed by atoms with E-state index in [9.17, 15) is 15.3 Å². The van der Waals surface area contributed by atoms with Crippen molar-refractivity contribution in [2.75, 3.05) is 0 Å². The molecule has 0 aliphatic carbocycles. The van der Waals surface area contributed by atoms with Crippen LogP contribution in [0.4, 0.5) is 0 Å². The van der Waals surface area contributed by atoms with Crippen LogP contribution in [0.5, 0.6) is 0 Å². The third-order valence-electron chi connectivity index (χ3n) is 3.69. The molecule has 0 unspecified atom stereocenters. The molecule has 1 aliphatic heterocycles. The lowest BCUT2D eigenvalue weighted by Gasteiger charge is -2.25. The minimum Gasteiger partial charge on any atom is -0.465 e. The number of nitriles is 2. The molecule has 1 aromatic carbocycles. The Morgan fingerprint density at radius 1 is 1.04 bits per heavy atom. The predicted molar refractivity (Wildman–Crippen MR) is 95.8 cm³/mol. The average molecular weight is 339 g/mol. The number of benzene rings is 1. The maximum absolute atomic E-state index is 13.1. The molecule has 0 N–H and O–H groups in total. The molecule has 0 fully saturated rings. The monoisotopic (exact) mass is 339 g/mol. The third kappa shape index (κ3) is 3.38. The SMILES string of the molecule is N#CC(C#N)=C1C=CC=CN1/C(=C\c1ccco1)C(=O)c1ccccc1.